The number of benzene rings is 2. The lowest BCUT2D eigenvalue weighted by molar-refractivity contribution is -0.0580. The maximum absolute atomic E-state index is 13.1. The highest BCUT2D eigenvalue weighted by molar-refractivity contribution is 6.06. The number of ether oxygens (including phenoxy) is 1. The highest BCUT2D eigenvalue weighted by atomic mass is 19.4. The van der Waals surface area contributed by atoms with Gasteiger partial charge in [-0.05, 0) is 36.4 Å². The Morgan fingerprint density at radius 1 is 0.955 bits per heavy atom. The van der Waals surface area contributed by atoms with Crippen LogP contribution in [-0.2, 0) is 0 Å². The molecule has 0 unspecified atom stereocenters. The smallest absolute Gasteiger partial charge is 0.433 e. The van der Waals surface area contributed by atoms with Crippen molar-refractivity contribution in [3.8, 4) is 5.75 Å². The summed E-state index contributed by atoms with van der Waals surface area (Å²) >= 11 is 0. The van der Waals surface area contributed by atoms with Gasteiger partial charge in [0.2, 0.25) is 0 Å². The molecule has 0 bridgehead atoms. The molecule has 2 nitrogen and oxygen atoms in total. The molecule has 7 heteroatoms. The average Bonchev–Trinajstić information content (AvgIpc) is 2.43. The van der Waals surface area contributed by atoms with Crippen LogP contribution in [-0.4, -0.2) is 19.0 Å². The van der Waals surface area contributed by atoms with Gasteiger partial charge in [-0.15, -0.1) is 0 Å². The average molecular weight is 315 g/mol. The summed E-state index contributed by atoms with van der Waals surface area (Å²) in [5.41, 5.74) is -2.07. The normalized spacial score (nSPS) is 12.4. The van der Waals surface area contributed by atoms with Crippen molar-refractivity contribution < 1.29 is 26.7 Å². The van der Waals surface area contributed by atoms with E-state index in [2.05, 4.69) is 4.99 Å². The van der Waals surface area contributed by atoms with E-state index in [1.54, 1.807) is 0 Å². The molecular formula is C15H10F5NO. The minimum Gasteiger partial charge on any atom is -0.497 e. The zero-order valence-electron chi connectivity index (χ0n) is 11.3. The molecule has 0 fully saturated rings. The Bertz CT molecular complexity index is 672. The molecule has 0 amide bonds. The monoisotopic (exact) mass is 315 g/mol. The summed E-state index contributed by atoms with van der Waals surface area (Å²) in [6.45, 7) is 0. The molecule has 0 atom stereocenters. The SMILES string of the molecule is COc1ccc(N=C(c2cc(F)cc(F)c2)C(F)(F)F)cc1. The van der Waals surface area contributed by atoms with Gasteiger partial charge in [0.1, 0.15) is 17.4 Å². The molecule has 2 rings (SSSR count). The standard InChI is InChI=1S/C15H10F5NO/c1-22-13-4-2-12(3-5-13)21-14(15(18,19)20)9-6-10(16)8-11(17)7-9/h2-8H,1H3. The Balaban J connectivity index is 2.52. The van der Waals surface area contributed by atoms with Crippen molar-refractivity contribution in [2.45, 2.75) is 6.18 Å². The van der Waals surface area contributed by atoms with Crippen molar-refractivity contribution >= 4 is 11.4 Å². The number of aliphatic imine (C=N–C) groups is 1. The number of methoxy groups -OCH3 is 1. The van der Waals surface area contributed by atoms with Crippen molar-refractivity contribution in [1.29, 1.82) is 0 Å². The Labute approximate surface area is 122 Å². The molecule has 2 aromatic carbocycles. The first-order valence-corrected chi connectivity index (χ1v) is 6.06. The van der Waals surface area contributed by atoms with Crippen molar-refractivity contribution in [2.24, 2.45) is 4.99 Å². The van der Waals surface area contributed by atoms with Gasteiger partial charge in [-0.2, -0.15) is 13.2 Å². The highest BCUT2D eigenvalue weighted by Gasteiger charge is 2.37. The second kappa shape index (κ2) is 6.13. The Morgan fingerprint density at radius 3 is 1.95 bits per heavy atom. The molecular weight excluding hydrogens is 305 g/mol. The molecule has 0 saturated heterocycles. The summed E-state index contributed by atoms with van der Waals surface area (Å²) in [7, 11) is 1.41. The number of hydrogen-bond donors (Lipinski definition) is 0. The summed E-state index contributed by atoms with van der Waals surface area (Å²) in [4.78, 5) is 3.46. The first-order chi connectivity index (χ1) is 10.3. The maximum atomic E-state index is 13.1. The second-order valence-electron chi connectivity index (χ2n) is 4.31. The minimum atomic E-state index is -4.86. The lowest BCUT2D eigenvalue weighted by atomic mass is 10.1. The van der Waals surface area contributed by atoms with Gasteiger partial charge >= 0.3 is 6.18 Å². The summed E-state index contributed by atoms with van der Waals surface area (Å²) in [5, 5.41) is 0. The fourth-order valence-electron chi connectivity index (χ4n) is 1.77. The molecule has 0 N–H and O–H groups in total. The van der Waals surface area contributed by atoms with Crippen LogP contribution in [0.3, 0.4) is 0 Å². The van der Waals surface area contributed by atoms with Gasteiger partial charge in [0.05, 0.1) is 12.8 Å². The van der Waals surface area contributed by atoms with Crippen LogP contribution < -0.4 is 4.74 Å². The van der Waals surface area contributed by atoms with Crippen LogP contribution in [0.4, 0.5) is 27.6 Å². The number of hydrogen-bond acceptors (Lipinski definition) is 2. The van der Waals surface area contributed by atoms with E-state index in [0.29, 0.717) is 23.9 Å². The summed E-state index contributed by atoms with van der Waals surface area (Å²) in [5.74, 6) is -1.77. The Morgan fingerprint density at radius 2 is 1.50 bits per heavy atom. The van der Waals surface area contributed by atoms with E-state index >= 15 is 0 Å². The first kappa shape index (κ1) is 15.9. The molecule has 0 aliphatic carbocycles. The summed E-state index contributed by atoms with van der Waals surface area (Å²) in [6.07, 6.45) is -4.86. The second-order valence-corrected chi connectivity index (χ2v) is 4.31. The van der Waals surface area contributed by atoms with E-state index < -0.39 is 29.1 Å². The number of rotatable bonds is 3. The third-order valence-corrected chi connectivity index (χ3v) is 2.72. The first-order valence-electron chi connectivity index (χ1n) is 6.06. The largest absolute Gasteiger partial charge is 0.497 e. The summed E-state index contributed by atoms with van der Waals surface area (Å²) < 4.78 is 70.5. The Kier molecular flexibility index (Phi) is 4.44. The summed E-state index contributed by atoms with van der Waals surface area (Å²) in [6, 6.07) is 7.13. The van der Waals surface area contributed by atoms with Crippen LogP contribution in [0.5, 0.6) is 5.75 Å². The van der Waals surface area contributed by atoms with E-state index in [1.807, 2.05) is 0 Å². The van der Waals surface area contributed by atoms with Gasteiger partial charge in [-0.25, -0.2) is 13.8 Å². The van der Waals surface area contributed by atoms with Crippen LogP contribution in [0.25, 0.3) is 0 Å². The van der Waals surface area contributed by atoms with Crippen LogP contribution in [0, 0.1) is 11.6 Å². The molecule has 2 aromatic rings. The zero-order valence-corrected chi connectivity index (χ0v) is 11.3. The lowest BCUT2D eigenvalue weighted by Gasteiger charge is -2.11. The molecule has 22 heavy (non-hydrogen) atoms. The zero-order chi connectivity index (χ0) is 16.3. The number of alkyl halides is 3. The fourth-order valence-corrected chi connectivity index (χ4v) is 1.77. The molecule has 0 aliphatic heterocycles. The third kappa shape index (κ3) is 3.81. The molecule has 116 valence electrons. The quantitative estimate of drug-likeness (QED) is 0.596. The van der Waals surface area contributed by atoms with E-state index in [-0.39, 0.29) is 5.69 Å². The van der Waals surface area contributed by atoms with Crippen LogP contribution >= 0.6 is 0 Å². The number of nitrogens with zero attached hydrogens (tertiary/aromatic N) is 1. The molecule has 0 spiro atoms. The van der Waals surface area contributed by atoms with E-state index in [4.69, 9.17) is 4.74 Å². The van der Waals surface area contributed by atoms with Crippen LogP contribution in [0.1, 0.15) is 5.56 Å². The maximum Gasteiger partial charge on any atom is 0.433 e. The molecule has 0 heterocycles. The van der Waals surface area contributed by atoms with Gasteiger partial charge in [0, 0.05) is 11.6 Å². The van der Waals surface area contributed by atoms with E-state index in [9.17, 15) is 22.0 Å². The molecule has 0 aliphatic rings. The van der Waals surface area contributed by atoms with Crippen LogP contribution in [0.15, 0.2) is 47.5 Å². The number of halogens is 5. The Hall–Kier alpha value is -2.44. The van der Waals surface area contributed by atoms with Gasteiger partial charge in [0.25, 0.3) is 0 Å². The van der Waals surface area contributed by atoms with Crippen molar-refractivity contribution in [1.82, 2.24) is 0 Å². The molecule has 0 radical (unpaired) electrons. The fraction of sp³-hybridized carbons (Fsp3) is 0.133. The molecule has 0 aromatic heterocycles. The van der Waals surface area contributed by atoms with Gasteiger partial charge < -0.3 is 4.74 Å². The lowest BCUT2D eigenvalue weighted by Crippen LogP contribution is -2.24. The topological polar surface area (TPSA) is 21.6 Å². The highest BCUT2D eigenvalue weighted by Crippen LogP contribution is 2.27. The van der Waals surface area contributed by atoms with Gasteiger partial charge in [-0.1, -0.05) is 0 Å². The predicted octanol–water partition coefficient (Wildman–Crippen LogP) is 4.66. The minimum absolute atomic E-state index is 0.0159. The van der Waals surface area contributed by atoms with Crippen molar-refractivity contribution in [3.63, 3.8) is 0 Å². The van der Waals surface area contributed by atoms with Crippen LogP contribution in [0.2, 0.25) is 0 Å². The van der Waals surface area contributed by atoms with E-state index in [1.165, 1.54) is 31.4 Å². The molecule has 0 saturated carbocycles. The van der Waals surface area contributed by atoms with Gasteiger partial charge in [0.15, 0.2) is 5.71 Å². The van der Waals surface area contributed by atoms with Gasteiger partial charge in [-0.3, -0.25) is 0 Å². The van der Waals surface area contributed by atoms with E-state index in [0.717, 1.165) is 0 Å². The van der Waals surface area contributed by atoms with Crippen molar-refractivity contribution in [2.75, 3.05) is 7.11 Å². The third-order valence-electron chi connectivity index (χ3n) is 2.72. The predicted molar refractivity (Wildman–Crippen MR) is 71.6 cm³/mol. The van der Waals surface area contributed by atoms with Crippen molar-refractivity contribution in [3.05, 3.63) is 59.7 Å².